The van der Waals surface area contributed by atoms with Crippen molar-refractivity contribution in [1.82, 2.24) is 0 Å². The molecule has 0 radical (unpaired) electrons. The average molecular weight is 270 g/mol. The van der Waals surface area contributed by atoms with Gasteiger partial charge < -0.3 is 14.9 Å². The Balaban J connectivity index is 3.12. The van der Waals surface area contributed by atoms with Gasteiger partial charge in [0.05, 0.1) is 0 Å². The lowest BCUT2D eigenvalue weighted by Crippen LogP contribution is -2.50. The lowest BCUT2D eigenvalue weighted by Gasteiger charge is -2.31. The fraction of sp³-hybridized carbons (Fsp3) is 0.615. The van der Waals surface area contributed by atoms with Crippen LogP contribution in [0.5, 0.6) is 0 Å². The van der Waals surface area contributed by atoms with E-state index in [0.717, 1.165) is 6.42 Å². The maximum Gasteiger partial charge on any atom is 0.333 e. The fourth-order valence-electron chi connectivity index (χ4n) is 2.29. The summed E-state index contributed by atoms with van der Waals surface area (Å²) < 4.78 is 5.07. The van der Waals surface area contributed by atoms with Crippen molar-refractivity contribution >= 4 is 17.9 Å². The number of carbonyl (C=O) groups excluding carboxylic acids is 1. The molecular weight excluding hydrogens is 252 g/mol. The summed E-state index contributed by atoms with van der Waals surface area (Å²) in [4.78, 5) is 34.4. The Hall–Kier alpha value is -1.85. The molecule has 1 unspecified atom stereocenters. The second kappa shape index (κ2) is 5.86. The van der Waals surface area contributed by atoms with Crippen molar-refractivity contribution in [1.29, 1.82) is 0 Å². The minimum atomic E-state index is -2.05. The molecule has 0 saturated heterocycles. The molecule has 0 aromatic heterocycles. The molecule has 1 atom stereocenters. The molecule has 0 spiro atoms. The van der Waals surface area contributed by atoms with Crippen LogP contribution in [0.25, 0.3) is 0 Å². The molecule has 0 aromatic carbocycles. The van der Waals surface area contributed by atoms with E-state index in [1.54, 1.807) is 0 Å². The quantitative estimate of drug-likeness (QED) is 0.348. The van der Waals surface area contributed by atoms with Crippen LogP contribution in [0.1, 0.15) is 39.0 Å². The molecule has 0 aliphatic heterocycles. The van der Waals surface area contributed by atoms with Crippen LogP contribution in [0.3, 0.4) is 0 Å². The second-order valence-electron chi connectivity index (χ2n) is 4.86. The Morgan fingerprint density at radius 1 is 1.16 bits per heavy atom. The van der Waals surface area contributed by atoms with Crippen molar-refractivity contribution in [2.75, 3.05) is 0 Å². The summed E-state index contributed by atoms with van der Waals surface area (Å²) in [5.41, 5.74) is -1.93. The van der Waals surface area contributed by atoms with Crippen molar-refractivity contribution in [3.8, 4) is 0 Å². The molecule has 6 nitrogen and oxygen atoms in total. The molecule has 6 heteroatoms. The largest absolute Gasteiger partial charge is 0.480 e. The van der Waals surface area contributed by atoms with E-state index in [0.29, 0.717) is 12.8 Å². The first-order chi connectivity index (χ1) is 8.82. The van der Waals surface area contributed by atoms with Crippen LogP contribution < -0.4 is 0 Å². The molecule has 1 aliphatic rings. The molecule has 0 aromatic rings. The average Bonchev–Trinajstić information content (AvgIpc) is 2.51. The third-order valence-electron chi connectivity index (χ3n) is 3.45. The normalized spacial score (nSPS) is 22.1. The summed E-state index contributed by atoms with van der Waals surface area (Å²) >= 11 is 0. The van der Waals surface area contributed by atoms with Gasteiger partial charge in [0.25, 0.3) is 0 Å². The number of carboxylic acids is 2. The van der Waals surface area contributed by atoms with Crippen LogP contribution >= 0.6 is 0 Å². The predicted molar refractivity (Wildman–Crippen MR) is 65.5 cm³/mol. The maximum atomic E-state index is 11.5. The summed E-state index contributed by atoms with van der Waals surface area (Å²) in [6, 6.07) is 0. The van der Waals surface area contributed by atoms with Crippen molar-refractivity contribution in [3.05, 3.63) is 12.2 Å². The summed E-state index contributed by atoms with van der Waals surface area (Å²) in [6.07, 6.45) is 0.887. The number of carbonyl (C=O) groups is 3. The van der Waals surface area contributed by atoms with Crippen LogP contribution in [0.2, 0.25) is 0 Å². The van der Waals surface area contributed by atoms with Gasteiger partial charge in [0.2, 0.25) is 5.41 Å². The van der Waals surface area contributed by atoms with E-state index in [1.165, 1.54) is 6.92 Å². The molecule has 0 bridgehead atoms. The van der Waals surface area contributed by atoms with E-state index >= 15 is 0 Å². The highest BCUT2D eigenvalue weighted by molar-refractivity contribution is 5.99. The first-order valence-electron chi connectivity index (χ1n) is 6.15. The van der Waals surface area contributed by atoms with Gasteiger partial charge >= 0.3 is 17.9 Å². The minimum Gasteiger partial charge on any atom is -0.480 e. The van der Waals surface area contributed by atoms with Crippen LogP contribution in [-0.4, -0.2) is 34.2 Å². The van der Waals surface area contributed by atoms with Gasteiger partial charge in [-0.05, 0) is 26.2 Å². The van der Waals surface area contributed by atoms with E-state index in [1.807, 2.05) is 0 Å². The van der Waals surface area contributed by atoms with Crippen LogP contribution in [0.15, 0.2) is 12.2 Å². The standard InChI is InChI=1S/C13H18O6/c1-8(2)10(14)19-9-6-4-3-5-7-13(9,11(15)16)12(17)18/h9H,1,3-7H2,2H3,(H,15,16)(H,17,18). The lowest BCUT2D eigenvalue weighted by molar-refractivity contribution is -0.180. The number of rotatable bonds is 4. The van der Waals surface area contributed by atoms with Crippen LogP contribution in [0, 0.1) is 5.41 Å². The molecule has 0 amide bonds. The van der Waals surface area contributed by atoms with Crippen molar-refractivity contribution in [2.45, 2.75) is 45.1 Å². The SMILES string of the molecule is C=C(C)C(=O)OC1CCCCCC1(C(=O)O)C(=O)O. The van der Waals surface area contributed by atoms with Gasteiger partial charge in [0.1, 0.15) is 6.10 Å². The minimum absolute atomic E-state index is 0.0359. The smallest absolute Gasteiger partial charge is 0.333 e. The van der Waals surface area contributed by atoms with Gasteiger partial charge in [-0.25, -0.2) is 4.79 Å². The number of aliphatic carboxylic acids is 2. The van der Waals surface area contributed by atoms with Gasteiger partial charge in [0.15, 0.2) is 0 Å². The van der Waals surface area contributed by atoms with Crippen molar-refractivity contribution in [3.63, 3.8) is 0 Å². The molecule has 1 rings (SSSR count). The zero-order chi connectivity index (χ0) is 14.6. The highest BCUT2D eigenvalue weighted by atomic mass is 16.5. The van der Waals surface area contributed by atoms with E-state index in [4.69, 9.17) is 4.74 Å². The van der Waals surface area contributed by atoms with Gasteiger partial charge in [-0.3, -0.25) is 9.59 Å². The number of esters is 1. The Morgan fingerprint density at radius 2 is 1.74 bits per heavy atom. The molecule has 0 heterocycles. The Bertz CT molecular complexity index is 397. The van der Waals surface area contributed by atoms with Crippen molar-refractivity contribution < 1.29 is 29.3 Å². The summed E-state index contributed by atoms with van der Waals surface area (Å²) in [7, 11) is 0. The highest BCUT2D eigenvalue weighted by Gasteiger charge is 2.55. The molecule has 1 saturated carbocycles. The Labute approximate surface area is 111 Å². The Morgan fingerprint density at radius 3 is 2.21 bits per heavy atom. The molecule has 2 N–H and O–H groups in total. The van der Waals surface area contributed by atoms with Gasteiger partial charge in [0, 0.05) is 5.57 Å². The van der Waals surface area contributed by atoms with E-state index in [-0.39, 0.29) is 18.4 Å². The lowest BCUT2D eigenvalue weighted by atomic mass is 9.78. The third-order valence-corrected chi connectivity index (χ3v) is 3.45. The van der Waals surface area contributed by atoms with E-state index in [9.17, 15) is 24.6 Å². The zero-order valence-electron chi connectivity index (χ0n) is 10.8. The molecule has 1 fully saturated rings. The second-order valence-corrected chi connectivity index (χ2v) is 4.86. The first kappa shape index (κ1) is 15.2. The van der Waals surface area contributed by atoms with Gasteiger partial charge in [-0.2, -0.15) is 0 Å². The van der Waals surface area contributed by atoms with Gasteiger partial charge in [-0.1, -0.05) is 19.4 Å². The van der Waals surface area contributed by atoms with Crippen LogP contribution in [0.4, 0.5) is 0 Å². The maximum absolute atomic E-state index is 11.5. The number of carboxylic acid groups (broad SMARTS) is 2. The monoisotopic (exact) mass is 270 g/mol. The zero-order valence-corrected chi connectivity index (χ0v) is 10.8. The number of ether oxygens (including phenoxy) is 1. The van der Waals surface area contributed by atoms with E-state index < -0.39 is 29.4 Å². The van der Waals surface area contributed by atoms with Crippen LogP contribution in [-0.2, 0) is 19.1 Å². The number of hydrogen-bond acceptors (Lipinski definition) is 4. The molecular formula is C13H18O6. The summed E-state index contributed by atoms with van der Waals surface area (Å²) in [5.74, 6) is -3.67. The molecule has 1 aliphatic carbocycles. The topological polar surface area (TPSA) is 101 Å². The van der Waals surface area contributed by atoms with Gasteiger partial charge in [-0.15, -0.1) is 0 Å². The van der Waals surface area contributed by atoms with Crippen molar-refractivity contribution in [2.24, 2.45) is 5.41 Å². The highest BCUT2D eigenvalue weighted by Crippen LogP contribution is 2.38. The number of hydrogen-bond donors (Lipinski definition) is 2. The molecule has 19 heavy (non-hydrogen) atoms. The summed E-state index contributed by atoms with van der Waals surface area (Å²) in [5, 5.41) is 18.6. The first-order valence-corrected chi connectivity index (χ1v) is 6.15. The Kier molecular flexibility index (Phi) is 4.69. The predicted octanol–water partition coefficient (Wildman–Crippen LogP) is 1.59. The van der Waals surface area contributed by atoms with E-state index in [2.05, 4.69) is 6.58 Å². The summed E-state index contributed by atoms with van der Waals surface area (Å²) in [6.45, 7) is 4.84. The third kappa shape index (κ3) is 2.94. The fourth-order valence-corrected chi connectivity index (χ4v) is 2.29. The molecule has 106 valence electrons.